The second kappa shape index (κ2) is 10.2. The maximum absolute atomic E-state index is 12.7. The standard InChI is InChI=1S/C28H16F6O6S2/c29-27(30,31)41(35,36)39-19-13-9-17(10-14-19)25-21-5-1-2-6-22(21)26(24-8-4-3-7-23(24)25)18-11-15-20(16-12-18)40-42(37,38)28(32,33)34/h1-16H. The lowest BCUT2D eigenvalue weighted by molar-refractivity contribution is -0.0504. The minimum absolute atomic E-state index is 0.531. The molecule has 14 heteroatoms. The predicted molar refractivity (Wildman–Crippen MR) is 144 cm³/mol. The first kappa shape index (κ1) is 29.2. The molecule has 0 saturated carbocycles. The molecule has 0 aliphatic heterocycles. The van der Waals surface area contributed by atoms with E-state index in [1.165, 1.54) is 24.3 Å². The van der Waals surface area contributed by atoms with Gasteiger partial charge in [-0.25, -0.2) is 0 Å². The molecule has 218 valence electrons. The van der Waals surface area contributed by atoms with E-state index in [4.69, 9.17) is 0 Å². The Morgan fingerprint density at radius 3 is 0.929 bits per heavy atom. The zero-order valence-corrected chi connectivity index (χ0v) is 22.4. The summed E-state index contributed by atoms with van der Waals surface area (Å²) in [6, 6.07) is 24.3. The Balaban J connectivity index is 1.63. The number of rotatable bonds is 6. The Hall–Kier alpha value is -4.30. The van der Waals surface area contributed by atoms with Crippen molar-refractivity contribution in [3.8, 4) is 33.8 Å². The van der Waals surface area contributed by atoms with Crippen LogP contribution in [-0.4, -0.2) is 27.9 Å². The van der Waals surface area contributed by atoms with Gasteiger partial charge in [-0.3, -0.25) is 0 Å². The lowest BCUT2D eigenvalue weighted by Crippen LogP contribution is -2.28. The van der Waals surface area contributed by atoms with Gasteiger partial charge in [0.2, 0.25) is 0 Å². The smallest absolute Gasteiger partial charge is 0.376 e. The van der Waals surface area contributed by atoms with Crippen LogP contribution in [0.5, 0.6) is 11.5 Å². The van der Waals surface area contributed by atoms with Crippen molar-refractivity contribution in [2.45, 2.75) is 11.0 Å². The Bertz CT molecular complexity index is 1810. The van der Waals surface area contributed by atoms with Crippen LogP contribution in [-0.2, 0) is 20.2 Å². The summed E-state index contributed by atoms with van der Waals surface area (Å²) in [4.78, 5) is 0. The Morgan fingerprint density at radius 1 is 0.429 bits per heavy atom. The molecule has 0 spiro atoms. The molecule has 5 rings (SSSR count). The van der Waals surface area contributed by atoms with Crippen LogP contribution in [0.15, 0.2) is 97.1 Å². The highest BCUT2D eigenvalue weighted by atomic mass is 32.2. The number of halogens is 6. The highest BCUT2D eigenvalue weighted by Gasteiger charge is 2.49. The molecular weight excluding hydrogens is 610 g/mol. The first-order valence-corrected chi connectivity index (χ1v) is 14.6. The second-order valence-corrected chi connectivity index (χ2v) is 11.9. The second-order valence-electron chi connectivity index (χ2n) is 8.86. The molecule has 42 heavy (non-hydrogen) atoms. The minimum atomic E-state index is -5.85. The number of hydrogen-bond acceptors (Lipinski definition) is 6. The summed E-state index contributed by atoms with van der Waals surface area (Å²) >= 11 is 0. The van der Waals surface area contributed by atoms with E-state index < -0.39 is 42.8 Å². The number of hydrogen-bond donors (Lipinski definition) is 0. The fourth-order valence-corrected chi connectivity index (χ4v) is 5.37. The van der Waals surface area contributed by atoms with E-state index in [1.807, 2.05) is 0 Å². The van der Waals surface area contributed by atoms with Gasteiger partial charge in [-0.2, -0.15) is 43.2 Å². The van der Waals surface area contributed by atoms with Crippen molar-refractivity contribution < 1.29 is 51.5 Å². The van der Waals surface area contributed by atoms with Gasteiger partial charge in [0, 0.05) is 0 Å². The highest BCUT2D eigenvalue weighted by molar-refractivity contribution is 7.88. The monoisotopic (exact) mass is 626 g/mol. The summed E-state index contributed by atoms with van der Waals surface area (Å²) in [5.41, 5.74) is -8.77. The zero-order valence-electron chi connectivity index (χ0n) is 20.8. The van der Waals surface area contributed by atoms with Crippen LogP contribution in [0.3, 0.4) is 0 Å². The summed E-state index contributed by atoms with van der Waals surface area (Å²) in [6.07, 6.45) is 0. The number of benzene rings is 5. The maximum Gasteiger partial charge on any atom is 0.534 e. The van der Waals surface area contributed by atoms with Crippen molar-refractivity contribution >= 4 is 41.8 Å². The third kappa shape index (κ3) is 5.34. The topological polar surface area (TPSA) is 86.7 Å². The first-order valence-electron chi connectivity index (χ1n) is 11.7. The molecule has 0 aliphatic carbocycles. The molecule has 6 nitrogen and oxygen atoms in total. The van der Waals surface area contributed by atoms with Gasteiger partial charge < -0.3 is 8.37 Å². The molecule has 0 aliphatic rings. The minimum Gasteiger partial charge on any atom is -0.376 e. The Kier molecular flexibility index (Phi) is 7.10. The van der Waals surface area contributed by atoms with Gasteiger partial charge in [-0.15, -0.1) is 0 Å². The van der Waals surface area contributed by atoms with Crippen molar-refractivity contribution in [3.63, 3.8) is 0 Å². The molecule has 0 N–H and O–H groups in total. The summed E-state index contributed by atoms with van der Waals surface area (Å²) < 4.78 is 130. The highest BCUT2D eigenvalue weighted by Crippen LogP contribution is 2.44. The van der Waals surface area contributed by atoms with Crippen LogP contribution in [0.2, 0.25) is 0 Å². The third-order valence-electron chi connectivity index (χ3n) is 6.20. The molecule has 0 amide bonds. The maximum atomic E-state index is 12.7. The normalized spacial score (nSPS) is 12.9. The SMILES string of the molecule is O=S(=O)(Oc1ccc(-c2c3ccccc3c(-c3ccc(OS(=O)(=O)C(F)(F)F)cc3)c3ccccc23)cc1)C(F)(F)F. The van der Waals surface area contributed by atoms with Crippen LogP contribution in [0.25, 0.3) is 43.8 Å². The van der Waals surface area contributed by atoms with Gasteiger partial charge >= 0.3 is 31.3 Å². The van der Waals surface area contributed by atoms with Crippen LogP contribution in [0, 0.1) is 0 Å². The molecule has 5 aromatic carbocycles. The molecule has 0 unspecified atom stereocenters. The molecule has 0 bridgehead atoms. The van der Waals surface area contributed by atoms with Crippen molar-refractivity contribution in [1.29, 1.82) is 0 Å². The zero-order chi connectivity index (χ0) is 30.5. The van der Waals surface area contributed by atoms with Gasteiger partial charge in [-0.05, 0) is 68.1 Å². The summed E-state index contributed by atoms with van der Waals surface area (Å²) in [6.45, 7) is 0. The lowest BCUT2D eigenvalue weighted by Gasteiger charge is -2.18. The van der Waals surface area contributed by atoms with Crippen molar-refractivity contribution in [1.82, 2.24) is 0 Å². The summed E-state index contributed by atoms with van der Waals surface area (Å²) in [5.74, 6) is -1.06. The number of alkyl halides is 6. The van der Waals surface area contributed by atoms with Gasteiger partial charge in [0.1, 0.15) is 11.5 Å². The molecule has 0 fully saturated rings. The van der Waals surface area contributed by atoms with Crippen LogP contribution in [0.4, 0.5) is 26.3 Å². The van der Waals surface area contributed by atoms with E-state index in [2.05, 4.69) is 8.37 Å². The number of fused-ring (bicyclic) bond motifs is 2. The molecule has 5 aromatic rings. The van der Waals surface area contributed by atoms with Crippen molar-refractivity contribution in [3.05, 3.63) is 97.1 Å². The molecule has 0 aromatic heterocycles. The average molecular weight is 627 g/mol. The van der Waals surface area contributed by atoms with E-state index in [9.17, 15) is 43.2 Å². The summed E-state index contributed by atoms with van der Waals surface area (Å²) in [7, 11) is -11.7. The fraction of sp³-hybridized carbons (Fsp3) is 0.0714. The van der Waals surface area contributed by atoms with Crippen LogP contribution >= 0.6 is 0 Å². The van der Waals surface area contributed by atoms with E-state index in [0.29, 0.717) is 43.8 Å². The quantitative estimate of drug-likeness (QED) is 0.0828. The first-order chi connectivity index (χ1) is 19.6. The van der Waals surface area contributed by atoms with Gasteiger partial charge in [-0.1, -0.05) is 72.8 Å². The predicted octanol–water partition coefficient (Wildman–Crippen LogP) is 7.78. The average Bonchev–Trinajstić information content (AvgIpc) is 2.91. The van der Waals surface area contributed by atoms with Gasteiger partial charge in [0.25, 0.3) is 0 Å². The van der Waals surface area contributed by atoms with Crippen molar-refractivity contribution in [2.75, 3.05) is 0 Å². The van der Waals surface area contributed by atoms with Crippen LogP contribution < -0.4 is 8.37 Å². The van der Waals surface area contributed by atoms with Gasteiger partial charge in [0.05, 0.1) is 0 Å². The molecule has 0 atom stereocenters. The van der Waals surface area contributed by atoms with Crippen LogP contribution in [0.1, 0.15) is 0 Å². The van der Waals surface area contributed by atoms with E-state index in [0.717, 1.165) is 24.3 Å². The lowest BCUT2D eigenvalue weighted by atomic mass is 9.86. The Labute approximate surface area is 235 Å². The molecule has 0 saturated heterocycles. The molecule has 0 radical (unpaired) electrons. The largest absolute Gasteiger partial charge is 0.534 e. The van der Waals surface area contributed by atoms with E-state index in [-0.39, 0.29) is 0 Å². The Morgan fingerprint density at radius 2 is 0.690 bits per heavy atom. The van der Waals surface area contributed by atoms with E-state index >= 15 is 0 Å². The van der Waals surface area contributed by atoms with Crippen molar-refractivity contribution in [2.24, 2.45) is 0 Å². The summed E-state index contributed by atoms with van der Waals surface area (Å²) in [5, 5.41) is 2.79. The molecule has 0 heterocycles. The third-order valence-corrected chi connectivity index (χ3v) is 8.15. The van der Waals surface area contributed by atoms with E-state index in [1.54, 1.807) is 48.5 Å². The molecular formula is C28H16F6O6S2. The fourth-order valence-electron chi connectivity index (χ4n) is 4.45. The van der Waals surface area contributed by atoms with Gasteiger partial charge in [0.15, 0.2) is 0 Å².